The molecule has 5 nitrogen and oxygen atoms in total. The predicted octanol–water partition coefficient (Wildman–Crippen LogP) is 2.53. The summed E-state index contributed by atoms with van der Waals surface area (Å²) >= 11 is 0. The Morgan fingerprint density at radius 1 is 1.09 bits per heavy atom. The van der Waals surface area contributed by atoms with E-state index >= 15 is 0 Å². The van der Waals surface area contributed by atoms with Gasteiger partial charge in [0.1, 0.15) is 0 Å². The fourth-order valence-corrected chi connectivity index (χ4v) is 3.59. The Kier molecular flexibility index (Phi) is 4.45. The highest BCUT2D eigenvalue weighted by molar-refractivity contribution is 7.88. The van der Waals surface area contributed by atoms with E-state index in [0.717, 1.165) is 27.7 Å². The van der Waals surface area contributed by atoms with Crippen molar-refractivity contribution in [3.8, 4) is 0 Å². The molecule has 1 heterocycles. The molecule has 3 aromatic rings. The number of sulfonamides is 1. The number of benzene rings is 2. The lowest BCUT2D eigenvalue weighted by molar-refractivity contribution is 0.581. The van der Waals surface area contributed by atoms with Gasteiger partial charge in [0, 0.05) is 6.54 Å². The maximum Gasteiger partial charge on any atom is 0.215 e. The van der Waals surface area contributed by atoms with E-state index in [1.54, 1.807) is 6.33 Å². The molecule has 6 heteroatoms. The van der Waals surface area contributed by atoms with Gasteiger partial charge in [-0.2, -0.15) is 0 Å². The zero-order valence-electron chi connectivity index (χ0n) is 12.9. The molecule has 0 saturated carbocycles. The standard InChI is InChI=1S/C17H19N3O2S/c1-13-2-4-15(5-3-13)11-23(21,22)20-9-8-14-6-7-16-17(10-14)19-12-18-16/h2-7,10,12,20H,8-9,11H2,1H3,(H,18,19). The molecule has 3 rings (SSSR count). The minimum Gasteiger partial charge on any atom is -0.345 e. The number of nitrogens with zero attached hydrogens (tertiary/aromatic N) is 1. The van der Waals surface area contributed by atoms with E-state index in [1.165, 1.54) is 0 Å². The molecule has 0 unspecified atom stereocenters. The van der Waals surface area contributed by atoms with Crippen LogP contribution in [0.1, 0.15) is 16.7 Å². The number of hydrogen-bond donors (Lipinski definition) is 2. The third-order valence-electron chi connectivity index (χ3n) is 3.70. The first-order valence-corrected chi connectivity index (χ1v) is 9.12. The summed E-state index contributed by atoms with van der Waals surface area (Å²) in [5, 5.41) is 0. The average molecular weight is 329 g/mol. The highest BCUT2D eigenvalue weighted by Crippen LogP contribution is 2.12. The van der Waals surface area contributed by atoms with Crippen LogP contribution in [0.4, 0.5) is 0 Å². The maximum atomic E-state index is 12.1. The van der Waals surface area contributed by atoms with Crippen molar-refractivity contribution in [2.75, 3.05) is 6.54 Å². The van der Waals surface area contributed by atoms with Gasteiger partial charge in [-0.15, -0.1) is 0 Å². The molecule has 0 bridgehead atoms. The number of aryl methyl sites for hydroxylation is 1. The molecular weight excluding hydrogens is 310 g/mol. The van der Waals surface area contributed by atoms with Gasteiger partial charge in [0.2, 0.25) is 10.0 Å². The fourth-order valence-electron chi connectivity index (χ4n) is 2.44. The van der Waals surface area contributed by atoms with Gasteiger partial charge in [-0.1, -0.05) is 35.9 Å². The van der Waals surface area contributed by atoms with E-state index < -0.39 is 10.0 Å². The average Bonchev–Trinajstić information content (AvgIpc) is 2.97. The highest BCUT2D eigenvalue weighted by Gasteiger charge is 2.11. The molecule has 0 saturated heterocycles. The maximum absolute atomic E-state index is 12.1. The first-order chi connectivity index (χ1) is 11.0. The summed E-state index contributed by atoms with van der Waals surface area (Å²) in [6.45, 7) is 2.36. The van der Waals surface area contributed by atoms with Gasteiger partial charge in [-0.25, -0.2) is 18.1 Å². The summed E-state index contributed by atoms with van der Waals surface area (Å²) in [7, 11) is -3.32. The SMILES string of the molecule is Cc1ccc(CS(=O)(=O)NCCc2ccc3nc[nH]c3c2)cc1. The number of aromatic nitrogens is 2. The van der Waals surface area contributed by atoms with E-state index in [-0.39, 0.29) is 5.75 Å². The molecule has 0 aliphatic heterocycles. The largest absolute Gasteiger partial charge is 0.345 e. The van der Waals surface area contributed by atoms with Crippen LogP contribution in [-0.2, 0) is 22.2 Å². The summed E-state index contributed by atoms with van der Waals surface area (Å²) in [4.78, 5) is 7.22. The minimum atomic E-state index is -3.32. The summed E-state index contributed by atoms with van der Waals surface area (Å²) in [6.07, 6.45) is 2.29. The summed E-state index contributed by atoms with van der Waals surface area (Å²) < 4.78 is 26.9. The van der Waals surface area contributed by atoms with Crippen LogP contribution in [0.2, 0.25) is 0 Å². The van der Waals surface area contributed by atoms with Crippen molar-refractivity contribution in [2.45, 2.75) is 19.1 Å². The van der Waals surface area contributed by atoms with Gasteiger partial charge in [0.15, 0.2) is 0 Å². The highest BCUT2D eigenvalue weighted by atomic mass is 32.2. The van der Waals surface area contributed by atoms with Crippen molar-refractivity contribution in [2.24, 2.45) is 0 Å². The lowest BCUT2D eigenvalue weighted by Gasteiger charge is -2.07. The Morgan fingerprint density at radius 2 is 1.83 bits per heavy atom. The molecule has 2 aromatic carbocycles. The Morgan fingerprint density at radius 3 is 2.61 bits per heavy atom. The van der Waals surface area contributed by atoms with Gasteiger partial charge in [-0.3, -0.25) is 0 Å². The Balaban J connectivity index is 1.57. The lowest BCUT2D eigenvalue weighted by atomic mass is 10.1. The Labute approximate surface area is 135 Å². The smallest absolute Gasteiger partial charge is 0.215 e. The molecule has 0 fully saturated rings. The molecule has 23 heavy (non-hydrogen) atoms. The number of rotatable bonds is 6. The fraction of sp³-hybridized carbons (Fsp3) is 0.235. The second-order valence-corrected chi connectivity index (χ2v) is 7.45. The molecular formula is C17H19N3O2S. The monoisotopic (exact) mass is 329 g/mol. The summed E-state index contributed by atoms with van der Waals surface area (Å²) in [6, 6.07) is 13.4. The van der Waals surface area contributed by atoms with Crippen LogP contribution in [-0.4, -0.2) is 24.9 Å². The molecule has 120 valence electrons. The first kappa shape index (κ1) is 15.7. The van der Waals surface area contributed by atoms with Crippen molar-refractivity contribution in [3.05, 3.63) is 65.5 Å². The van der Waals surface area contributed by atoms with Crippen molar-refractivity contribution >= 4 is 21.1 Å². The van der Waals surface area contributed by atoms with Gasteiger partial charge in [-0.05, 0) is 36.6 Å². The molecule has 0 radical (unpaired) electrons. The predicted molar refractivity (Wildman–Crippen MR) is 91.6 cm³/mol. The minimum absolute atomic E-state index is 0.00681. The van der Waals surface area contributed by atoms with Crippen molar-refractivity contribution in [1.29, 1.82) is 0 Å². The van der Waals surface area contributed by atoms with Gasteiger partial charge < -0.3 is 4.98 Å². The second kappa shape index (κ2) is 6.52. The molecule has 0 atom stereocenters. The van der Waals surface area contributed by atoms with Crippen LogP contribution in [0, 0.1) is 6.92 Å². The molecule has 0 aliphatic carbocycles. The number of imidazole rings is 1. The van der Waals surface area contributed by atoms with Gasteiger partial charge >= 0.3 is 0 Å². The molecule has 0 spiro atoms. The van der Waals surface area contributed by atoms with Crippen molar-refractivity contribution < 1.29 is 8.42 Å². The Bertz CT molecular complexity index is 899. The third-order valence-corrected chi connectivity index (χ3v) is 5.05. The van der Waals surface area contributed by atoms with Crippen LogP contribution < -0.4 is 4.72 Å². The van der Waals surface area contributed by atoms with E-state index in [9.17, 15) is 8.42 Å². The molecule has 0 aliphatic rings. The molecule has 2 N–H and O–H groups in total. The first-order valence-electron chi connectivity index (χ1n) is 7.47. The van der Waals surface area contributed by atoms with Crippen LogP contribution in [0.3, 0.4) is 0 Å². The van der Waals surface area contributed by atoms with Crippen LogP contribution in [0.15, 0.2) is 48.8 Å². The molecule has 1 aromatic heterocycles. The van der Waals surface area contributed by atoms with Crippen LogP contribution >= 0.6 is 0 Å². The summed E-state index contributed by atoms with van der Waals surface area (Å²) in [5.41, 5.74) is 4.86. The number of aromatic amines is 1. The topological polar surface area (TPSA) is 74.8 Å². The van der Waals surface area contributed by atoms with Gasteiger partial charge in [0.05, 0.1) is 23.1 Å². The zero-order chi connectivity index (χ0) is 16.3. The Hall–Kier alpha value is -2.18. The van der Waals surface area contributed by atoms with E-state index in [1.807, 2.05) is 49.4 Å². The zero-order valence-corrected chi connectivity index (χ0v) is 13.7. The number of nitrogens with one attached hydrogen (secondary N) is 2. The lowest BCUT2D eigenvalue weighted by Crippen LogP contribution is -2.27. The van der Waals surface area contributed by atoms with Crippen LogP contribution in [0.25, 0.3) is 11.0 Å². The summed E-state index contributed by atoms with van der Waals surface area (Å²) in [5.74, 6) is 0.00681. The van der Waals surface area contributed by atoms with Crippen molar-refractivity contribution in [1.82, 2.24) is 14.7 Å². The molecule has 0 amide bonds. The van der Waals surface area contributed by atoms with E-state index in [0.29, 0.717) is 13.0 Å². The third kappa shape index (κ3) is 4.18. The number of fused-ring (bicyclic) bond motifs is 1. The number of H-pyrrole nitrogens is 1. The van der Waals surface area contributed by atoms with E-state index in [4.69, 9.17) is 0 Å². The van der Waals surface area contributed by atoms with Crippen molar-refractivity contribution in [3.63, 3.8) is 0 Å². The number of hydrogen-bond acceptors (Lipinski definition) is 3. The van der Waals surface area contributed by atoms with Crippen LogP contribution in [0.5, 0.6) is 0 Å². The second-order valence-electron chi connectivity index (χ2n) is 5.64. The van der Waals surface area contributed by atoms with Gasteiger partial charge in [0.25, 0.3) is 0 Å². The van der Waals surface area contributed by atoms with E-state index in [2.05, 4.69) is 14.7 Å². The quantitative estimate of drug-likeness (QED) is 0.730. The normalized spacial score (nSPS) is 11.9.